The number of hydrogen-bond acceptors (Lipinski definition) is 6. The van der Waals surface area contributed by atoms with Gasteiger partial charge in [0, 0.05) is 25.2 Å². The number of benzene rings is 2. The van der Waals surface area contributed by atoms with Crippen molar-refractivity contribution in [3.63, 3.8) is 0 Å². The van der Waals surface area contributed by atoms with Gasteiger partial charge in [-0.25, -0.2) is 4.79 Å². The second-order valence-corrected chi connectivity index (χ2v) is 7.27. The van der Waals surface area contributed by atoms with Crippen LogP contribution in [0.15, 0.2) is 48.5 Å². The van der Waals surface area contributed by atoms with Crippen molar-refractivity contribution in [1.82, 2.24) is 36.2 Å². The lowest BCUT2D eigenvalue weighted by Crippen LogP contribution is -2.48. The third-order valence-corrected chi connectivity index (χ3v) is 5.20. The molecule has 33 heavy (non-hydrogen) atoms. The van der Waals surface area contributed by atoms with Gasteiger partial charge in [-0.3, -0.25) is 0 Å². The Hall–Kier alpha value is -3.38. The van der Waals surface area contributed by atoms with Crippen LogP contribution in [-0.4, -0.2) is 46.4 Å². The molecule has 1 atom stereocenters. The zero-order valence-corrected chi connectivity index (χ0v) is 18.2. The van der Waals surface area contributed by atoms with Gasteiger partial charge in [0.15, 0.2) is 0 Å². The Balaban J connectivity index is 0.00000306. The molecule has 13 heteroatoms. The van der Waals surface area contributed by atoms with Crippen LogP contribution in [0.1, 0.15) is 17.0 Å². The second-order valence-electron chi connectivity index (χ2n) is 7.27. The molecule has 0 radical (unpaired) electrons. The molecule has 1 unspecified atom stereocenters. The number of carbonyl (C=O) groups excluding carboxylic acids is 1. The van der Waals surface area contributed by atoms with Crippen LogP contribution in [0.3, 0.4) is 0 Å². The van der Waals surface area contributed by atoms with Gasteiger partial charge < -0.3 is 20.7 Å². The van der Waals surface area contributed by atoms with Crippen molar-refractivity contribution in [2.24, 2.45) is 0 Å². The summed E-state index contributed by atoms with van der Waals surface area (Å²) >= 11 is 0. The molecule has 1 aliphatic rings. The van der Waals surface area contributed by atoms with Crippen LogP contribution >= 0.6 is 12.4 Å². The highest BCUT2D eigenvalue weighted by atomic mass is 35.5. The maximum Gasteiger partial charge on any atom is 0.453 e. The van der Waals surface area contributed by atoms with E-state index in [1.54, 1.807) is 6.07 Å². The van der Waals surface area contributed by atoms with Gasteiger partial charge in [0.2, 0.25) is 0 Å². The summed E-state index contributed by atoms with van der Waals surface area (Å²) in [6, 6.07) is 13.8. The van der Waals surface area contributed by atoms with Gasteiger partial charge in [-0.2, -0.15) is 17.9 Å². The van der Waals surface area contributed by atoms with Crippen molar-refractivity contribution in [3.05, 3.63) is 65.5 Å². The normalized spacial score (nSPS) is 17.8. The molecule has 0 spiro atoms. The number of urea groups is 1. The third kappa shape index (κ3) is 5.01. The summed E-state index contributed by atoms with van der Waals surface area (Å²) in [7, 11) is 1.48. The maximum absolute atomic E-state index is 13.2. The van der Waals surface area contributed by atoms with E-state index in [1.807, 2.05) is 30.3 Å². The van der Waals surface area contributed by atoms with Gasteiger partial charge in [0.25, 0.3) is 5.82 Å². The number of halogens is 4. The Morgan fingerprint density at radius 1 is 1.21 bits per heavy atom. The number of nitrogens with one attached hydrogen (secondary N) is 3. The van der Waals surface area contributed by atoms with E-state index in [1.165, 1.54) is 19.2 Å². The minimum absolute atomic E-state index is 0. The first kappa shape index (κ1) is 24.3. The van der Waals surface area contributed by atoms with Crippen molar-refractivity contribution in [2.75, 3.05) is 20.2 Å². The highest BCUT2D eigenvalue weighted by molar-refractivity contribution is 5.85. The molecular weight excluding hydrogens is 463 g/mol. The standard InChI is InChI=1S/C20H20F3N7O2.ClH/c1-32-16-8-7-15(30-17(20(21,22)23)27-28-29-30)9-13(16)10-24-11-19(12-25-18(31)26-19)14-5-3-2-4-6-14;/h2-9,24H,10-12H2,1H3,(H2,25,26,31);1H. The lowest BCUT2D eigenvalue weighted by atomic mass is 9.90. The largest absolute Gasteiger partial charge is 0.496 e. The Morgan fingerprint density at radius 2 is 1.97 bits per heavy atom. The summed E-state index contributed by atoms with van der Waals surface area (Å²) in [5.41, 5.74) is 1.01. The Bertz CT molecular complexity index is 1110. The van der Waals surface area contributed by atoms with Crippen LogP contribution in [0.2, 0.25) is 0 Å². The van der Waals surface area contributed by atoms with E-state index in [9.17, 15) is 18.0 Å². The summed E-state index contributed by atoms with van der Waals surface area (Å²) in [6.07, 6.45) is -4.70. The smallest absolute Gasteiger partial charge is 0.453 e. The van der Waals surface area contributed by atoms with E-state index < -0.39 is 17.5 Å². The molecule has 1 fully saturated rings. The molecule has 0 aliphatic carbocycles. The van der Waals surface area contributed by atoms with Gasteiger partial charge in [0.05, 0.1) is 18.3 Å². The maximum atomic E-state index is 13.2. The van der Waals surface area contributed by atoms with Crippen molar-refractivity contribution < 1.29 is 22.7 Å². The molecule has 2 heterocycles. The topological polar surface area (TPSA) is 106 Å². The number of ether oxygens (including phenoxy) is 1. The van der Waals surface area contributed by atoms with E-state index >= 15 is 0 Å². The zero-order chi connectivity index (χ0) is 22.8. The van der Waals surface area contributed by atoms with Gasteiger partial charge >= 0.3 is 12.2 Å². The van der Waals surface area contributed by atoms with Crippen molar-refractivity contribution in [1.29, 1.82) is 0 Å². The van der Waals surface area contributed by atoms with Crippen molar-refractivity contribution in [2.45, 2.75) is 18.3 Å². The van der Waals surface area contributed by atoms with Crippen molar-refractivity contribution in [3.8, 4) is 11.4 Å². The Kier molecular flexibility index (Phi) is 7.08. The molecule has 176 valence electrons. The minimum atomic E-state index is -4.70. The zero-order valence-electron chi connectivity index (χ0n) is 17.4. The van der Waals surface area contributed by atoms with Crippen LogP contribution in [0.5, 0.6) is 5.75 Å². The number of alkyl halides is 3. The van der Waals surface area contributed by atoms with Crippen LogP contribution < -0.4 is 20.7 Å². The highest BCUT2D eigenvalue weighted by Crippen LogP contribution is 2.30. The number of rotatable bonds is 7. The molecule has 0 saturated carbocycles. The van der Waals surface area contributed by atoms with Crippen molar-refractivity contribution >= 4 is 18.4 Å². The van der Waals surface area contributed by atoms with E-state index in [0.29, 0.717) is 29.1 Å². The number of nitrogens with zero attached hydrogens (tertiary/aromatic N) is 4. The number of hydrogen-bond donors (Lipinski definition) is 3. The molecule has 3 N–H and O–H groups in total. The molecule has 2 aromatic carbocycles. The number of aromatic nitrogens is 4. The fraction of sp³-hybridized carbons (Fsp3) is 0.300. The van der Waals surface area contributed by atoms with E-state index in [2.05, 4.69) is 31.5 Å². The molecule has 1 aromatic heterocycles. The summed E-state index contributed by atoms with van der Waals surface area (Å²) in [5.74, 6) is -0.727. The number of amides is 2. The van der Waals surface area contributed by atoms with E-state index in [-0.39, 0.29) is 30.7 Å². The van der Waals surface area contributed by atoms with Gasteiger partial charge in [-0.1, -0.05) is 30.3 Å². The molecule has 9 nitrogen and oxygen atoms in total. The monoisotopic (exact) mass is 483 g/mol. The predicted molar refractivity (Wildman–Crippen MR) is 114 cm³/mol. The van der Waals surface area contributed by atoms with E-state index in [4.69, 9.17) is 4.74 Å². The molecule has 4 rings (SSSR count). The first-order valence-electron chi connectivity index (χ1n) is 9.67. The van der Waals surface area contributed by atoms with Gasteiger partial charge in [0.1, 0.15) is 5.75 Å². The van der Waals surface area contributed by atoms with Crippen LogP contribution in [0.4, 0.5) is 18.0 Å². The number of methoxy groups -OCH3 is 1. The summed E-state index contributed by atoms with van der Waals surface area (Å²) < 4.78 is 45.5. The first-order valence-corrected chi connectivity index (χ1v) is 9.67. The Labute approximate surface area is 193 Å². The molecule has 2 amide bonds. The average molecular weight is 484 g/mol. The highest BCUT2D eigenvalue weighted by Gasteiger charge is 2.39. The summed E-state index contributed by atoms with van der Waals surface area (Å²) in [6.45, 7) is 1.03. The summed E-state index contributed by atoms with van der Waals surface area (Å²) in [5, 5.41) is 18.7. The fourth-order valence-electron chi connectivity index (χ4n) is 3.66. The van der Waals surface area contributed by atoms with Crippen LogP contribution in [-0.2, 0) is 18.3 Å². The lowest BCUT2D eigenvalue weighted by molar-refractivity contribution is -0.146. The van der Waals surface area contributed by atoms with E-state index in [0.717, 1.165) is 5.56 Å². The van der Waals surface area contributed by atoms with Gasteiger partial charge in [-0.15, -0.1) is 17.5 Å². The quantitative estimate of drug-likeness (QED) is 0.476. The van der Waals surface area contributed by atoms with Crippen LogP contribution in [0, 0.1) is 0 Å². The molecule has 1 aliphatic heterocycles. The van der Waals surface area contributed by atoms with Crippen LogP contribution in [0.25, 0.3) is 5.69 Å². The second kappa shape index (κ2) is 9.63. The summed E-state index contributed by atoms with van der Waals surface area (Å²) in [4.78, 5) is 11.9. The fourth-order valence-corrected chi connectivity index (χ4v) is 3.66. The SMILES string of the molecule is COc1ccc(-n2nnnc2C(F)(F)F)cc1CNCC1(c2ccccc2)CNC(=O)N1.Cl. The Morgan fingerprint density at radius 3 is 2.61 bits per heavy atom. The molecular formula is C20H21ClF3N7O2. The number of tetrazole rings is 1. The third-order valence-electron chi connectivity index (χ3n) is 5.20. The predicted octanol–water partition coefficient (Wildman–Crippen LogP) is 2.41. The molecule has 0 bridgehead atoms. The lowest BCUT2D eigenvalue weighted by Gasteiger charge is -2.29. The van der Waals surface area contributed by atoms with Gasteiger partial charge in [-0.05, 0) is 34.2 Å². The number of carbonyl (C=O) groups is 1. The first-order chi connectivity index (χ1) is 15.3. The molecule has 1 saturated heterocycles. The minimum Gasteiger partial charge on any atom is -0.496 e. The molecule has 3 aromatic rings. The average Bonchev–Trinajstić information content (AvgIpc) is 3.42.